The van der Waals surface area contributed by atoms with E-state index in [-0.39, 0.29) is 0 Å². The molecular formula is C17H37Al. The average molecular weight is 268 g/mol. The first-order chi connectivity index (χ1) is 8.22. The average Bonchev–Trinajstić information content (AvgIpc) is 2.12. The van der Waals surface area contributed by atoms with Crippen LogP contribution < -0.4 is 0 Å². The van der Waals surface area contributed by atoms with Gasteiger partial charge in [-0.3, -0.25) is 0 Å². The van der Waals surface area contributed by atoms with Gasteiger partial charge in [-0.1, -0.05) is 95.4 Å². The Bertz CT molecular complexity index is 152. The van der Waals surface area contributed by atoms with E-state index < -0.39 is 14.1 Å². The van der Waals surface area contributed by atoms with Crippen molar-refractivity contribution in [1.29, 1.82) is 0 Å². The Morgan fingerprint density at radius 2 is 0.889 bits per heavy atom. The fourth-order valence-electron chi connectivity index (χ4n) is 3.38. The first-order valence-electron chi connectivity index (χ1n) is 8.22. The summed E-state index contributed by atoms with van der Waals surface area (Å²) in [4.78, 5) is 0. The van der Waals surface area contributed by atoms with Gasteiger partial charge in [-0.05, 0) is 11.8 Å². The Morgan fingerprint density at radius 1 is 0.556 bits per heavy atom. The summed E-state index contributed by atoms with van der Waals surface area (Å²) in [6.07, 6.45) is 2.96. The van der Waals surface area contributed by atoms with Crippen molar-refractivity contribution in [1.82, 2.24) is 0 Å². The lowest BCUT2D eigenvalue weighted by Crippen LogP contribution is -2.26. The Hall–Kier alpha value is 0.532. The van der Waals surface area contributed by atoms with Crippen molar-refractivity contribution in [3.8, 4) is 0 Å². The molecule has 0 rings (SSSR count). The third-order valence-electron chi connectivity index (χ3n) is 3.76. The van der Waals surface area contributed by atoms with Gasteiger partial charge in [0.05, 0.1) is 0 Å². The molecule has 0 atom stereocenters. The van der Waals surface area contributed by atoms with Crippen molar-refractivity contribution >= 4 is 14.1 Å². The molecule has 0 aliphatic rings. The van der Waals surface area contributed by atoms with Crippen molar-refractivity contribution in [2.24, 2.45) is 23.7 Å². The smallest absolute Gasteiger partial charge is 0.0914 e. The maximum absolute atomic E-state index is 2.42. The maximum Gasteiger partial charge on any atom is 0.265 e. The first-order valence-corrected chi connectivity index (χ1v) is 10.5. The Balaban J connectivity index is 4.69. The van der Waals surface area contributed by atoms with E-state index in [1.54, 1.807) is 10.6 Å². The second kappa shape index (κ2) is 9.44. The molecule has 0 saturated carbocycles. The summed E-state index contributed by atoms with van der Waals surface area (Å²) in [6, 6.07) is 0. The van der Waals surface area contributed by atoms with Crippen LogP contribution in [0.15, 0.2) is 0 Å². The molecule has 18 heavy (non-hydrogen) atoms. The predicted molar refractivity (Wildman–Crippen MR) is 87.7 cm³/mol. The van der Waals surface area contributed by atoms with E-state index in [1.807, 2.05) is 0 Å². The SMILES string of the molecule is CC(C)C[CH](CC(C)C)[Al]([CH2]C(C)C)[CH2]C(C)C. The molecular weight excluding hydrogens is 231 g/mol. The molecule has 0 nitrogen and oxygen atoms in total. The molecule has 0 unspecified atom stereocenters. The van der Waals surface area contributed by atoms with Crippen molar-refractivity contribution in [2.45, 2.75) is 83.6 Å². The third kappa shape index (κ3) is 9.46. The fraction of sp³-hybridized carbons (Fsp3) is 1.00. The van der Waals surface area contributed by atoms with E-state index in [4.69, 9.17) is 0 Å². The summed E-state index contributed by atoms with van der Waals surface area (Å²) in [5, 5.41) is 3.12. The van der Waals surface area contributed by atoms with Gasteiger partial charge in [0.25, 0.3) is 14.1 Å². The van der Waals surface area contributed by atoms with Gasteiger partial charge in [0.15, 0.2) is 0 Å². The Labute approximate surface area is 121 Å². The molecule has 0 aromatic rings. The Kier molecular flexibility index (Phi) is 9.72. The zero-order valence-corrected chi connectivity index (χ0v) is 15.4. The van der Waals surface area contributed by atoms with Crippen LogP contribution in [0, 0.1) is 23.7 Å². The van der Waals surface area contributed by atoms with Crippen LogP contribution in [-0.4, -0.2) is 14.1 Å². The van der Waals surface area contributed by atoms with Crippen molar-refractivity contribution in [3.05, 3.63) is 0 Å². The highest BCUT2D eigenvalue weighted by Gasteiger charge is 2.30. The van der Waals surface area contributed by atoms with E-state index in [1.165, 1.54) is 12.8 Å². The number of hydrogen-bond acceptors (Lipinski definition) is 0. The molecule has 1 heteroatoms. The molecule has 0 aromatic carbocycles. The van der Waals surface area contributed by atoms with Crippen molar-refractivity contribution in [2.75, 3.05) is 0 Å². The molecule has 0 aromatic heterocycles. The highest BCUT2D eigenvalue weighted by molar-refractivity contribution is 6.60. The van der Waals surface area contributed by atoms with Crippen molar-refractivity contribution in [3.63, 3.8) is 0 Å². The van der Waals surface area contributed by atoms with Gasteiger partial charge < -0.3 is 0 Å². The summed E-state index contributed by atoms with van der Waals surface area (Å²) >= 11 is -0.577. The molecule has 0 spiro atoms. The van der Waals surface area contributed by atoms with E-state index >= 15 is 0 Å². The van der Waals surface area contributed by atoms with Crippen LogP contribution in [0.5, 0.6) is 0 Å². The molecule has 108 valence electrons. The molecule has 0 N–H and O–H groups in total. The van der Waals surface area contributed by atoms with Gasteiger partial charge >= 0.3 is 0 Å². The molecule has 0 heterocycles. The molecule has 0 aliphatic heterocycles. The third-order valence-corrected chi connectivity index (χ3v) is 8.74. The highest BCUT2D eigenvalue weighted by atomic mass is 27.2. The predicted octanol–water partition coefficient (Wildman–Crippen LogP) is 6.26. The lowest BCUT2D eigenvalue weighted by molar-refractivity contribution is 0.466. The van der Waals surface area contributed by atoms with Gasteiger partial charge in [0.2, 0.25) is 0 Å². The summed E-state index contributed by atoms with van der Waals surface area (Å²) in [7, 11) is 0. The minimum Gasteiger partial charge on any atom is -0.0914 e. The largest absolute Gasteiger partial charge is 0.265 e. The van der Waals surface area contributed by atoms with Gasteiger partial charge in [0.1, 0.15) is 0 Å². The minimum absolute atomic E-state index is 0.577. The molecule has 0 saturated heterocycles. The van der Waals surface area contributed by atoms with Crippen LogP contribution in [0.3, 0.4) is 0 Å². The summed E-state index contributed by atoms with van der Waals surface area (Å²) < 4.78 is 1.08. The van der Waals surface area contributed by atoms with Crippen molar-refractivity contribution < 1.29 is 0 Å². The second-order valence-corrected chi connectivity index (χ2v) is 11.4. The normalized spacial score (nSPS) is 12.5. The number of rotatable bonds is 9. The lowest BCUT2D eigenvalue weighted by atomic mass is 10.0. The minimum atomic E-state index is -0.577. The molecule has 0 fully saturated rings. The first kappa shape index (κ1) is 18.5. The molecule has 0 aliphatic carbocycles. The van der Waals surface area contributed by atoms with E-state index in [0.717, 1.165) is 28.5 Å². The van der Waals surface area contributed by atoms with Crippen LogP contribution in [0.2, 0.25) is 15.3 Å². The van der Waals surface area contributed by atoms with Gasteiger partial charge in [-0.25, -0.2) is 0 Å². The zero-order valence-electron chi connectivity index (χ0n) is 14.3. The fourth-order valence-corrected chi connectivity index (χ4v) is 8.63. The van der Waals surface area contributed by atoms with Crippen LogP contribution in [-0.2, 0) is 0 Å². The summed E-state index contributed by atoms with van der Waals surface area (Å²) in [6.45, 7) is 19.3. The summed E-state index contributed by atoms with van der Waals surface area (Å²) in [5.74, 6) is 3.57. The standard InChI is InChI=1S/C9H19.2C4H9.Al/c1-8(2)6-5-7-9(3)4;2*1-4(2)3;/h5,8-9H,6-7H2,1-4H3;2*4H,1H2,2-3H3;. The van der Waals surface area contributed by atoms with E-state index in [0.29, 0.717) is 0 Å². The van der Waals surface area contributed by atoms with Crippen LogP contribution in [0.1, 0.15) is 68.2 Å². The monoisotopic (exact) mass is 268 g/mol. The van der Waals surface area contributed by atoms with Crippen LogP contribution >= 0.6 is 0 Å². The van der Waals surface area contributed by atoms with Crippen LogP contribution in [0.25, 0.3) is 0 Å². The van der Waals surface area contributed by atoms with E-state index in [9.17, 15) is 0 Å². The topological polar surface area (TPSA) is 0 Å². The Morgan fingerprint density at radius 3 is 1.11 bits per heavy atom. The highest BCUT2D eigenvalue weighted by Crippen LogP contribution is 2.34. The molecule has 0 radical (unpaired) electrons. The molecule has 0 bridgehead atoms. The summed E-state index contributed by atoms with van der Waals surface area (Å²) in [5.41, 5.74) is 0. The lowest BCUT2D eigenvalue weighted by Gasteiger charge is -2.29. The van der Waals surface area contributed by atoms with Gasteiger partial charge in [-0.2, -0.15) is 0 Å². The van der Waals surface area contributed by atoms with E-state index in [2.05, 4.69) is 55.4 Å². The number of hydrogen-bond donors (Lipinski definition) is 0. The van der Waals surface area contributed by atoms with Gasteiger partial charge in [-0.15, -0.1) is 0 Å². The molecule has 0 amide bonds. The quantitative estimate of drug-likeness (QED) is 0.433. The maximum atomic E-state index is 2.42. The second-order valence-electron chi connectivity index (χ2n) is 8.04. The zero-order chi connectivity index (χ0) is 14.3. The van der Waals surface area contributed by atoms with Crippen LogP contribution in [0.4, 0.5) is 0 Å². The van der Waals surface area contributed by atoms with Gasteiger partial charge in [0, 0.05) is 0 Å².